The van der Waals surface area contributed by atoms with Crippen LogP contribution in [0, 0.1) is 0 Å². The van der Waals surface area contributed by atoms with Crippen molar-refractivity contribution in [3.8, 4) is 44.5 Å². The fourth-order valence-corrected chi connectivity index (χ4v) is 10.4. The summed E-state index contributed by atoms with van der Waals surface area (Å²) < 4.78 is 0. The zero-order chi connectivity index (χ0) is 42.5. The van der Waals surface area contributed by atoms with Crippen molar-refractivity contribution in [2.24, 2.45) is 0 Å². The number of nitrogens with zero attached hydrogens (tertiary/aromatic N) is 1. The van der Waals surface area contributed by atoms with Crippen LogP contribution in [0.4, 0.5) is 17.1 Å². The molecule has 0 saturated carbocycles. The van der Waals surface area contributed by atoms with E-state index in [9.17, 15) is 0 Å². The molecule has 64 heavy (non-hydrogen) atoms. The molecule has 0 aromatic heterocycles. The SMILES string of the molecule is c1ccc(C2(c3ccccc3)c3ccccc3-c3ccc(N(c4ccc(-c5cccc(-c6cccc7ccccc67)c5)cc4)c4ccc(-c5cccc6ccccc56)cc4)cc32)cc1. The largest absolute Gasteiger partial charge is 0.310 e. The molecule has 0 unspecified atom stereocenters. The zero-order valence-electron chi connectivity index (χ0n) is 35.3. The highest BCUT2D eigenvalue weighted by Gasteiger charge is 2.46. The first kappa shape index (κ1) is 37.5. The minimum Gasteiger partial charge on any atom is -0.310 e. The Hall–Kier alpha value is -8.26. The van der Waals surface area contributed by atoms with Crippen molar-refractivity contribution in [2.45, 2.75) is 5.41 Å². The summed E-state index contributed by atoms with van der Waals surface area (Å²) in [7, 11) is 0. The molecule has 11 aromatic rings. The summed E-state index contributed by atoms with van der Waals surface area (Å²) in [4.78, 5) is 2.42. The van der Waals surface area contributed by atoms with Crippen molar-refractivity contribution in [3.05, 3.63) is 283 Å². The van der Waals surface area contributed by atoms with Gasteiger partial charge in [-0.1, -0.05) is 218 Å². The van der Waals surface area contributed by atoms with Gasteiger partial charge in [-0.2, -0.15) is 0 Å². The molecule has 1 aliphatic rings. The molecule has 0 N–H and O–H groups in total. The predicted octanol–water partition coefficient (Wildman–Crippen LogP) is 16.8. The van der Waals surface area contributed by atoms with Crippen LogP contribution in [0.15, 0.2) is 261 Å². The van der Waals surface area contributed by atoms with E-state index in [0.29, 0.717) is 0 Å². The van der Waals surface area contributed by atoms with Gasteiger partial charge in [0.05, 0.1) is 5.41 Å². The average molecular weight is 814 g/mol. The van der Waals surface area contributed by atoms with Crippen molar-refractivity contribution in [1.29, 1.82) is 0 Å². The van der Waals surface area contributed by atoms with Gasteiger partial charge < -0.3 is 4.90 Å². The second-order valence-electron chi connectivity index (χ2n) is 16.8. The van der Waals surface area contributed by atoms with Crippen LogP contribution in [0.1, 0.15) is 22.3 Å². The third-order valence-electron chi connectivity index (χ3n) is 13.3. The molecule has 1 nitrogen and oxygen atoms in total. The Balaban J connectivity index is 1.01. The van der Waals surface area contributed by atoms with Crippen LogP contribution >= 0.6 is 0 Å². The van der Waals surface area contributed by atoms with Gasteiger partial charge in [-0.3, -0.25) is 0 Å². The fourth-order valence-electron chi connectivity index (χ4n) is 10.4. The molecule has 0 heterocycles. The Morgan fingerprint density at radius 1 is 0.250 bits per heavy atom. The van der Waals surface area contributed by atoms with E-state index < -0.39 is 5.41 Å². The Labute approximate surface area is 374 Å². The molecule has 0 amide bonds. The molecule has 0 spiro atoms. The van der Waals surface area contributed by atoms with Gasteiger partial charge in [0.25, 0.3) is 0 Å². The first-order chi connectivity index (χ1) is 31.7. The summed E-state index contributed by atoms with van der Waals surface area (Å²) in [6.45, 7) is 0. The highest BCUT2D eigenvalue weighted by molar-refractivity contribution is 5.98. The van der Waals surface area contributed by atoms with E-state index >= 15 is 0 Å². The standard InChI is InChI=1S/C63H43N/c1-3-22-50(23-4-1)63(51-24-5-2-6-25-51)61-31-12-11-28-59(61)60-41-40-54(43-62(60)63)64(53-38-34-47(35-39-53)57-29-14-18-45-16-7-9-26-55(45)57)52-36-32-44(33-37-52)48-20-13-21-49(42-48)58-30-15-19-46-17-8-10-27-56(46)58/h1-43H. The molecule has 0 bridgehead atoms. The van der Waals surface area contributed by atoms with Crippen LogP contribution in [0.2, 0.25) is 0 Å². The van der Waals surface area contributed by atoms with Crippen molar-refractivity contribution in [3.63, 3.8) is 0 Å². The zero-order valence-corrected chi connectivity index (χ0v) is 35.3. The van der Waals surface area contributed by atoms with Crippen molar-refractivity contribution in [2.75, 3.05) is 4.90 Å². The molecule has 300 valence electrons. The second-order valence-corrected chi connectivity index (χ2v) is 16.8. The molecule has 0 fully saturated rings. The molecule has 0 aliphatic heterocycles. The third-order valence-corrected chi connectivity index (χ3v) is 13.3. The lowest BCUT2D eigenvalue weighted by Gasteiger charge is -2.35. The number of benzene rings is 11. The van der Waals surface area contributed by atoms with E-state index in [-0.39, 0.29) is 0 Å². The van der Waals surface area contributed by atoms with E-state index in [2.05, 4.69) is 266 Å². The summed E-state index contributed by atoms with van der Waals surface area (Å²) in [6, 6.07) is 95.8. The predicted molar refractivity (Wildman–Crippen MR) is 270 cm³/mol. The Morgan fingerprint density at radius 2 is 0.703 bits per heavy atom. The van der Waals surface area contributed by atoms with Crippen molar-refractivity contribution < 1.29 is 0 Å². The molecule has 11 aromatic carbocycles. The minimum atomic E-state index is -0.507. The number of hydrogen-bond acceptors (Lipinski definition) is 1. The molecular weight excluding hydrogens is 771 g/mol. The average Bonchev–Trinajstić information content (AvgIpc) is 3.67. The first-order valence-electron chi connectivity index (χ1n) is 22.2. The van der Waals surface area contributed by atoms with Crippen LogP contribution < -0.4 is 4.90 Å². The van der Waals surface area contributed by atoms with Gasteiger partial charge in [0.1, 0.15) is 0 Å². The lowest BCUT2D eigenvalue weighted by Crippen LogP contribution is -2.28. The van der Waals surface area contributed by atoms with E-state index in [0.717, 1.165) is 17.1 Å². The van der Waals surface area contributed by atoms with E-state index in [1.165, 1.54) is 88.3 Å². The van der Waals surface area contributed by atoms with E-state index in [1.807, 2.05) is 0 Å². The van der Waals surface area contributed by atoms with Crippen LogP contribution in [0.5, 0.6) is 0 Å². The fraction of sp³-hybridized carbons (Fsp3) is 0.0159. The normalized spacial score (nSPS) is 12.5. The van der Waals surface area contributed by atoms with Gasteiger partial charge in [0.2, 0.25) is 0 Å². The third kappa shape index (κ3) is 6.16. The lowest BCUT2D eigenvalue weighted by molar-refractivity contribution is 0.768. The van der Waals surface area contributed by atoms with Crippen LogP contribution in [0.25, 0.3) is 66.1 Å². The maximum Gasteiger partial charge on any atom is 0.0714 e. The van der Waals surface area contributed by atoms with Crippen LogP contribution in [0.3, 0.4) is 0 Å². The van der Waals surface area contributed by atoms with Gasteiger partial charge >= 0.3 is 0 Å². The molecule has 0 saturated heterocycles. The van der Waals surface area contributed by atoms with Gasteiger partial charge in [-0.05, 0) is 131 Å². The summed E-state index contributed by atoms with van der Waals surface area (Å²) in [5, 5.41) is 5.01. The highest BCUT2D eigenvalue weighted by Crippen LogP contribution is 2.57. The van der Waals surface area contributed by atoms with Crippen molar-refractivity contribution in [1.82, 2.24) is 0 Å². The summed E-state index contributed by atoms with van der Waals surface area (Å²) in [5.41, 5.74) is 17.7. The maximum atomic E-state index is 2.45. The van der Waals surface area contributed by atoms with Gasteiger partial charge in [-0.25, -0.2) is 0 Å². The van der Waals surface area contributed by atoms with Crippen molar-refractivity contribution >= 4 is 38.6 Å². The summed E-state index contributed by atoms with van der Waals surface area (Å²) >= 11 is 0. The molecule has 0 atom stereocenters. The van der Waals surface area contributed by atoms with E-state index in [1.54, 1.807) is 0 Å². The van der Waals surface area contributed by atoms with Gasteiger partial charge in [-0.15, -0.1) is 0 Å². The Bertz CT molecular complexity index is 3430. The maximum absolute atomic E-state index is 2.45. The monoisotopic (exact) mass is 813 g/mol. The lowest BCUT2D eigenvalue weighted by atomic mass is 9.67. The van der Waals surface area contributed by atoms with Crippen LogP contribution in [-0.4, -0.2) is 0 Å². The summed E-state index contributed by atoms with van der Waals surface area (Å²) in [5.74, 6) is 0. The van der Waals surface area contributed by atoms with Gasteiger partial charge in [0.15, 0.2) is 0 Å². The quantitative estimate of drug-likeness (QED) is 0.148. The number of rotatable bonds is 8. The molecule has 1 aliphatic carbocycles. The Kier molecular flexibility index (Phi) is 9.13. The molecule has 1 heteroatoms. The number of anilines is 3. The first-order valence-corrected chi connectivity index (χ1v) is 22.2. The topological polar surface area (TPSA) is 3.24 Å². The number of hydrogen-bond donors (Lipinski definition) is 0. The molecule has 0 radical (unpaired) electrons. The smallest absolute Gasteiger partial charge is 0.0714 e. The second kappa shape index (κ2) is 15.6. The molecule has 12 rings (SSSR count). The minimum absolute atomic E-state index is 0.507. The number of fused-ring (bicyclic) bond motifs is 5. The van der Waals surface area contributed by atoms with Crippen LogP contribution in [-0.2, 0) is 5.41 Å². The van der Waals surface area contributed by atoms with E-state index in [4.69, 9.17) is 0 Å². The molecular formula is C63H43N. The Morgan fingerprint density at radius 3 is 1.34 bits per heavy atom. The van der Waals surface area contributed by atoms with Gasteiger partial charge in [0, 0.05) is 17.1 Å². The highest BCUT2D eigenvalue weighted by atomic mass is 15.1. The summed E-state index contributed by atoms with van der Waals surface area (Å²) in [6.07, 6.45) is 0.